The quantitative estimate of drug-likeness (QED) is 0.399. The first-order valence-electron chi connectivity index (χ1n) is 10.9. The number of halogens is 1. The maximum atomic E-state index is 13.3. The van der Waals surface area contributed by atoms with E-state index in [1.807, 2.05) is 55.5 Å². The second-order valence-corrected chi connectivity index (χ2v) is 9.22. The van der Waals surface area contributed by atoms with Crippen LogP contribution < -0.4 is 18.9 Å². The van der Waals surface area contributed by atoms with Gasteiger partial charge in [-0.3, -0.25) is 9.69 Å². The molecule has 0 amide bonds. The highest BCUT2D eigenvalue weighted by Crippen LogP contribution is 2.44. The van der Waals surface area contributed by atoms with Crippen LogP contribution in [0, 0.1) is 6.92 Å². The highest BCUT2D eigenvalue weighted by molar-refractivity contribution is 9.10. The molecule has 0 spiro atoms. The fourth-order valence-electron chi connectivity index (χ4n) is 4.33. The van der Waals surface area contributed by atoms with E-state index < -0.39 is 0 Å². The molecule has 0 saturated heterocycles. The third-order valence-electron chi connectivity index (χ3n) is 6.03. The number of carbonyl (C=O) groups is 1. The van der Waals surface area contributed by atoms with E-state index in [2.05, 4.69) is 20.8 Å². The molecule has 0 radical (unpaired) electrons. The summed E-state index contributed by atoms with van der Waals surface area (Å²) in [5, 5.41) is 0. The summed E-state index contributed by atoms with van der Waals surface area (Å²) in [6.07, 6.45) is 1.73. The van der Waals surface area contributed by atoms with E-state index in [-0.39, 0.29) is 11.5 Å². The van der Waals surface area contributed by atoms with Gasteiger partial charge >= 0.3 is 0 Å². The average molecular weight is 522 g/mol. The molecule has 0 atom stereocenters. The van der Waals surface area contributed by atoms with Crippen LogP contribution in [0.3, 0.4) is 0 Å². The molecule has 0 bridgehead atoms. The third-order valence-corrected chi connectivity index (χ3v) is 6.52. The fourth-order valence-corrected chi connectivity index (χ4v) is 4.70. The Labute approximate surface area is 206 Å². The van der Waals surface area contributed by atoms with Crippen LogP contribution in [-0.2, 0) is 13.1 Å². The number of hydrogen-bond donors (Lipinski definition) is 0. The number of nitrogens with zero attached hydrogens (tertiary/aromatic N) is 1. The lowest BCUT2D eigenvalue weighted by atomic mass is 9.98. The van der Waals surface area contributed by atoms with Crippen molar-refractivity contribution in [2.45, 2.75) is 20.0 Å². The van der Waals surface area contributed by atoms with E-state index in [1.165, 1.54) is 0 Å². The normalized spacial score (nSPS) is 16.0. The zero-order valence-corrected chi connectivity index (χ0v) is 20.8. The van der Waals surface area contributed by atoms with Crippen molar-refractivity contribution in [3.8, 4) is 23.0 Å². The molecule has 0 unspecified atom stereocenters. The van der Waals surface area contributed by atoms with Crippen LogP contribution in [-0.4, -0.2) is 31.6 Å². The topological polar surface area (TPSA) is 57.2 Å². The van der Waals surface area contributed by atoms with Crippen molar-refractivity contribution in [3.05, 3.63) is 86.6 Å². The van der Waals surface area contributed by atoms with Crippen LogP contribution >= 0.6 is 15.9 Å². The maximum absolute atomic E-state index is 13.3. The number of rotatable bonds is 5. The summed E-state index contributed by atoms with van der Waals surface area (Å²) >= 11 is 3.48. The molecule has 0 aliphatic carbocycles. The number of Topliss-reactive ketones (excluding diaryl/α,β-unsaturated/α-hetero) is 1. The summed E-state index contributed by atoms with van der Waals surface area (Å²) in [7, 11) is 3.26. The van der Waals surface area contributed by atoms with Crippen molar-refractivity contribution >= 4 is 27.8 Å². The lowest BCUT2D eigenvalue weighted by molar-refractivity contribution is 0.0872. The number of aryl methyl sites for hydroxylation is 1. The molecule has 34 heavy (non-hydrogen) atoms. The summed E-state index contributed by atoms with van der Waals surface area (Å²) in [6.45, 7) is 3.70. The van der Waals surface area contributed by atoms with Crippen molar-refractivity contribution in [1.29, 1.82) is 0 Å². The van der Waals surface area contributed by atoms with Crippen LogP contribution in [0.25, 0.3) is 6.08 Å². The fraction of sp³-hybridized carbons (Fsp3) is 0.222. The van der Waals surface area contributed by atoms with Crippen molar-refractivity contribution < 1.29 is 23.7 Å². The third kappa shape index (κ3) is 4.17. The van der Waals surface area contributed by atoms with E-state index in [0.717, 1.165) is 38.2 Å². The van der Waals surface area contributed by atoms with Gasteiger partial charge in [0.1, 0.15) is 29.7 Å². The van der Waals surface area contributed by atoms with Gasteiger partial charge in [-0.1, -0.05) is 28.1 Å². The number of carbonyl (C=O) groups excluding carboxylic acids is 1. The van der Waals surface area contributed by atoms with Gasteiger partial charge in [-0.05, 0) is 60.5 Å². The van der Waals surface area contributed by atoms with Gasteiger partial charge in [0.2, 0.25) is 5.78 Å². The summed E-state index contributed by atoms with van der Waals surface area (Å²) < 4.78 is 23.8. The molecular formula is C27H24BrNO5. The molecule has 7 heteroatoms. The lowest BCUT2D eigenvalue weighted by Gasteiger charge is -2.30. The molecule has 5 rings (SSSR count). The van der Waals surface area contributed by atoms with Crippen molar-refractivity contribution in [2.75, 3.05) is 21.0 Å². The van der Waals surface area contributed by atoms with Crippen LogP contribution in [0.4, 0.5) is 0 Å². The maximum Gasteiger partial charge on any atom is 0.232 e. The molecule has 0 N–H and O–H groups in total. The number of hydrogen-bond acceptors (Lipinski definition) is 6. The van der Waals surface area contributed by atoms with Gasteiger partial charge in [0.25, 0.3) is 0 Å². The lowest BCUT2D eigenvalue weighted by Crippen LogP contribution is -2.31. The van der Waals surface area contributed by atoms with Gasteiger partial charge in [-0.15, -0.1) is 0 Å². The van der Waals surface area contributed by atoms with Gasteiger partial charge < -0.3 is 18.9 Å². The molecule has 0 aromatic heterocycles. The number of benzene rings is 3. The molecule has 0 saturated carbocycles. The van der Waals surface area contributed by atoms with Crippen LogP contribution in [0.15, 0.2) is 58.8 Å². The van der Waals surface area contributed by atoms with Crippen molar-refractivity contribution in [1.82, 2.24) is 4.90 Å². The Hall–Kier alpha value is -3.29. The minimum atomic E-state index is -0.135. The standard InChI is InChI=1S/C27H24BrNO5/c1-16-10-23-21(14-29(15-33-23)13-17-4-7-20(31-2)8-5-17)27-25(16)26(30)24(34-27)12-18-11-19(28)6-9-22(18)32-3/h4-12H,13-15H2,1-3H3/b24-12-. The SMILES string of the molecule is COc1ccc(CN2COc3cc(C)c4c(c3C2)O/C(=C\c2cc(Br)ccc2OC)C4=O)cc1. The monoisotopic (exact) mass is 521 g/mol. The predicted octanol–water partition coefficient (Wildman–Crippen LogP) is 5.74. The summed E-state index contributed by atoms with van der Waals surface area (Å²) in [6, 6.07) is 15.5. The molecular weight excluding hydrogens is 498 g/mol. The highest BCUT2D eigenvalue weighted by Gasteiger charge is 2.35. The molecule has 3 aromatic rings. The Balaban J connectivity index is 1.45. The van der Waals surface area contributed by atoms with Gasteiger partial charge in [-0.2, -0.15) is 0 Å². The molecule has 2 aliphatic rings. The second kappa shape index (κ2) is 9.16. The molecule has 174 valence electrons. The number of fused-ring (bicyclic) bond motifs is 3. The Morgan fingerprint density at radius 2 is 1.88 bits per heavy atom. The smallest absolute Gasteiger partial charge is 0.232 e. The van der Waals surface area contributed by atoms with E-state index >= 15 is 0 Å². The number of ether oxygens (including phenoxy) is 4. The molecule has 2 heterocycles. The average Bonchev–Trinajstić information content (AvgIpc) is 3.17. The Morgan fingerprint density at radius 1 is 1.09 bits per heavy atom. The summed E-state index contributed by atoms with van der Waals surface area (Å²) in [5.74, 6) is 2.97. The van der Waals surface area contributed by atoms with Crippen molar-refractivity contribution in [2.24, 2.45) is 0 Å². The number of ketones is 1. The molecule has 2 aliphatic heterocycles. The van der Waals surface area contributed by atoms with Crippen LogP contribution in [0.1, 0.15) is 32.6 Å². The zero-order chi connectivity index (χ0) is 23.8. The molecule has 3 aromatic carbocycles. The highest BCUT2D eigenvalue weighted by atomic mass is 79.9. The van der Waals surface area contributed by atoms with Crippen LogP contribution in [0.5, 0.6) is 23.0 Å². The summed E-state index contributed by atoms with van der Waals surface area (Å²) in [5.41, 5.74) is 4.23. The largest absolute Gasteiger partial charge is 0.497 e. The minimum absolute atomic E-state index is 0.135. The van der Waals surface area contributed by atoms with E-state index in [9.17, 15) is 4.79 Å². The molecule has 6 nitrogen and oxygen atoms in total. The van der Waals surface area contributed by atoms with E-state index in [4.69, 9.17) is 18.9 Å². The summed E-state index contributed by atoms with van der Waals surface area (Å²) in [4.78, 5) is 15.5. The first-order chi connectivity index (χ1) is 16.5. The van der Waals surface area contributed by atoms with Gasteiger partial charge in [-0.25, -0.2) is 0 Å². The van der Waals surface area contributed by atoms with Crippen LogP contribution in [0.2, 0.25) is 0 Å². The van der Waals surface area contributed by atoms with Gasteiger partial charge in [0.15, 0.2) is 5.76 Å². The predicted molar refractivity (Wildman–Crippen MR) is 133 cm³/mol. The first-order valence-corrected chi connectivity index (χ1v) is 11.7. The van der Waals surface area contributed by atoms with E-state index in [1.54, 1.807) is 20.3 Å². The minimum Gasteiger partial charge on any atom is -0.497 e. The Morgan fingerprint density at radius 3 is 2.62 bits per heavy atom. The molecule has 0 fully saturated rings. The van der Waals surface area contributed by atoms with Gasteiger partial charge in [0.05, 0.1) is 25.3 Å². The van der Waals surface area contributed by atoms with E-state index in [0.29, 0.717) is 36.9 Å². The number of allylic oxidation sites excluding steroid dienone is 1. The van der Waals surface area contributed by atoms with Crippen molar-refractivity contribution in [3.63, 3.8) is 0 Å². The second-order valence-electron chi connectivity index (χ2n) is 8.31. The van der Waals surface area contributed by atoms with Gasteiger partial charge in [0, 0.05) is 23.1 Å². The Bertz CT molecular complexity index is 1300. The first kappa shape index (κ1) is 22.5. The number of methoxy groups -OCH3 is 2. The Kier molecular flexibility index (Phi) is 6.06. The zero-order valence-electron chi connectivity index (χ0n) is 19.2.